The molecule has 1 aromatic heterocycles. The van der Waals surface area contributed by atoms with E-state index in [2.05, 4.69) is 30.7 Å². The summed E-state index contributed by atoms with van der Waals surface area (Å²) in [4.78, 5) is 8.27. The third-order valence-corrected chi connectivity index (χ3v) is 1.65. The topological polar surface area (TPSA) is 25.8 Å². The Kier molecular flexibility index (Phi) is 1.94. The van der Waals surface area contributed by atoms with Gasteiger partial charge in [0.15, 0.2) is 0 Å². The summed E-state index contributed by atoms with van der Waals surface area (Å²) in [5.74, 6) is 0.831. The first-order chi connectivity index (χ1) is 5.00. The third-order valence-electron chi connectivity index (χ3n) is 1.65. The van der Waals surface area contributed by atoms with Gasteiger partial charge in [-0.3, -0.25) is 0 Å². The van der Waals surface area contributed by atoms with E-state index in [1.54, 1.807) is 0 Å². The van der Waals surface area contributed by atoms with Crippen molar-refractivity contribution in [2.45, 2.75) is 33.1 Å². The predicted molar refractivity (Wildman–Crippen MR) is 45.5 cm³/mol. The van der Waals surface area contributed by atoms with E-state index < -0.39 is 0 Å². The maximum Gasteiger partial charge on any atom is 0.125 e. The van der Waals surface area contributed by atoms with Crippen molar-refractivity contribution in [2.24, 2.45) is 0 Å². The molecule has 0 aliphatic heterocycles. The van der Waals surface area contributed by atoms with Gasteiger partial charge in [0.2, 0.25) is 0 Å². The van der Waals surface area contributed by atoms with Crippen molar-refractivity contribution in [3.8, 4) is 0 Å². The maximum absolute atomic E-state index is 4.13. The second kappa shape index (κ2) is 2.61. The molecule has 0 saturated carbocycles. The van der Waals surface area contributed by atoms with Crippen LogP contribution in [0.2, 0.25) is 0 Å². The van der Waals surface area contributed by atoms with E-state index in [0.29, 0.717) is 0 Å². The summed E-state index contributed by atoms with van der Waals surface area (Å²) in [6.07, 6.45) is 3.78. The van der Waals surface area contributed by atoms with Crippen LogP contribution in [0.5, 0.6) is 0 Å². The number of rotatable bonds is 0. The molecule has 1 aromatic rings. The zero-order valence-electron chi connectivity index (χ0n) is 7.55. The molecule has 0 aliphatic rings. The van der Waals surface area contributed by atoms with Crippen molar-refractivity contribution in [2.75, 3.05) is 0 Å². The van der Waals surface area contributed by atoms with Crippen LogP contribution in [0.25, 0.3) is 0 Å². The number of aromatic nitrogens is 2. The van der Waals surface area contributed by atoms with E-state index in [1.807, 2.05) is 19.3 Å². The van der Waals surface area contributed by atoms with Gasteiger partial charge in [-0.2, -0.15) is 0 Å². The second-order valence-corrected chi connectivity index (χ2v) is 3.77. The van der Waals surface area contributed by atoms with Gasteiger partial charge in [-0.25, -0.2) is 9.97 Å². The van der Waals surface area contributed by atoms with Crippen LogP contribution >= 0.6 is 0 Å². The maximum atomic E-state index is 4.13. The summed E-state index contributed by atoms with van der Waals surface area (Å²) in [5.41, 5.74) is 1.34. The van der Waals surface area contributed by atoms with Gasteiger partial charge in [-0.05, 0) is 17.9 Å². The van der Waals surface area contributed by atoms with Crippen molar-refractivity contribution in [1.82, 2.24) is 9.97 Å². The van der Waals surface area contributed by atoms with Crippen LogP contribution in [0.15, 0.2) is 12.4 Å². The Morgan fingerprint density at radius 3 is 1.91 bits per heavy atom. The first kappa shape index (κ1) is 8.18. The lowest BCUT2D eigenvalue weighted by Crippen LogP contribution is -2.12. The lowest BCUT2D eigenvalue weighted by Gasteiger charge is -2.17. The standard InChI is InChI=1S/C9H14N2/c1-7-10-5-8(6-11-7)9(2,3)4/h5-6H,1-4H3. The van der Waals surface area contributed by atoms with Crippen molar-refractivity contribution in [1.29, 1.82) is 0 Å². The molecule has 0 bridgehead atoms. The summed E-state index contributed by atoms with van der Waals surface area (Å²) in [6.45, 7) is 8.36. The van der Waals surface area contributed by atoms with Crippen molar-refractivity contribution >= 4 is 0 Å². The molecule has 1 rings (SSSR count). The molecule has 0 aromatic carbocycles. The smallest absolute Gasteiger partial charge is 0.125 e. The number of aryl methyl sites for hydroxylation is 1. The highest BCUT2D eigenvalue weighted by Crippen LogP contribution is 2.19. The van der Waals surface area contributed by atoms with Crippen molar-refractivity contribution in [3.63, 3.8) is 0 Å². The van der Waals surface area contributed by atoms with E-state index in [-0.39, 0.29) is 5.41 Å². The Labute approximate surface area is 67.7 Å². The summed E-state index contributed by atoms with van der Waals surface area (Å²) in [5, 5.41) is 0. The molecule has 0 atom stereocenters. The lowest BCUT2D eigenvalue weighted by atomic mass is 9.89. The second-order valence-electron chi connectivity index (χ2n) is 3.77. The first-order valence-corrected chi connectivity index (χ1v) is 3.79. The summed E-state index contributed by atoms with van der Waals surface area (Å²) in [6, 6.07) is 0. The largest absolute Gasteiger partial charge is 0.241 e. The van der Waals surface area contributed by atoms with Gasteiger partial charge in [0.25, 0.3) is 0 Å². The highest BCUT2D eigenvalue weighted by Gasteiger charge is 2.13. The molecule has 0 saturated heterocycles. The van der Waals surface area contributed by atoms with Crippen molar-refractivity contribution in [3.05, 3.63) is 23.8 Å². The van der Waals surface area contributed by atoms with Crippen LogP contribution in [0, 0.1) is 6.92 Å². The normalized spacial score (nSPS) is 11.6. The highest BCUT2D eigenvalue weighted by molar-refractivity contribution is 5.14. The number of hydrogen-bond acceptors (Lipinski definition) is 2. The van der Waals surface area contributed by atoms with E-state index >= 15 is 0 Å². The Bertz CT molecular complexity index is 231. The Morgan fingerprint density at radius 1 is 1.09 bits per heavy atom. The van der Waals surface area contributed by atoms with Gasteiger partial charge >= 0.3 is 0 Å². The fourth-order valence-corrected chi connectivity index (χ4v) is 0.780. The third kappa shape index (κ3) is 2.00. The lowest BCUT2D eigenvalue weighted by molar-refractivity contribution is 0.583. The predicted octanol–water partition coefficient (Wildman–Crippen LogP) is 2.08. The summed E-state index contributed by atoms with van der Waals surface area (Å²) < 4.78 is 0. The fraction of sp³-hybridized carbons (Fsp3) is 0.556. The Morgan fingerprint density at radius 2 is 1.55 bits per heavy atom. The van der Waals surface area contributed by atoms with Gasteiger partial charge in [0.05, 0.1) is 0 Å². The van der Waals surface area contributed by atoms with Crippen LogP contribution < -0.4 is 0 Å². The SMILES string of the molecule is Cc1ncc(C(C)(C)C)cn1. The molecular formula is C9H14N2. The quantitative estimate of drug-likeness (QED) is 0.566. The van der Waals surface area contributed by atoms with E-state index in [1.165, 1.54) is 5.56 Å². The number of nitrogens with zero attached hydrogens (tertiary/aromatic N) is 2. The molecule has 0 spiro atoms. The van der Waals surface area contributed by atoms with Gasteiger partial charge in [0, 0.05) is 12.4 Å². The molecule has 11 heavy (non-hydrogen) atoms. The van der Waals surface area contributed by atoms with Crippen LogP contribution in [-0.2, 0) is 5.41 Å². The molecule has 1 heterocycles. The molecular weight excluding hydrogens is 136 g/mol. The molecule has 0 fully saturated rings. The van der Waals surface area contributed by atoms with Crippen LogP contribution in [-0.4, -0.2) is 9.97 Å². The molecule has 0 amide bonds. The number of hydrogen-bond donors (Lipinski definition) is 0. The first-order valence-electron chi connectivity index (χ1n) is 3.79. The molecule has 2 nitrogen and oxygen atoms in total. The Balaban J connectivity index is 2.99. The summed E-state index contributed by atoms with van der Waals surface area (Å²) in [7, 11) is 0. The molecule has 0 unspecified atom stereocenters. The van der Waals surface area contributed by atoms with Crippen LogP contribution in [0.4, 0.5) is 0 Å². The summed E-state index contributed by atoms with van der Waals surface area (Å²) >= 11 is 0. The minimum atomic E-state index is 0.160. The van der Waals surface area contributed by atoms with E-state index in [4.69, 9.17) is 0 Å². The minimum Gasteiger partial charge on any atom is -0.241 e. The van der Waals surface area contributed by atoms with E-state index in [0.717, 1.165) is 5.82 Å². The van der Waals surface area contributed by atoms with Gasteiger partial charge < -0.3 is 0 Å². The molecule has 60 valence electrons. The monoisotopic (exact) mass is 150 g/mol. The molecule has 2 heteroatoms. The highest BCUT2D eigenvalue weighted by atomic mass is 14.8. The molecule has 0 radical (unpaired) electrons. The zero-order chi connectivity index (χ0) is 8.48. The fourth-order valence-electron chi connectivity index (χ4n) is 0.780. The van der Waals surface area contributed by atoms with Gasteiger partial charge in [-0.15, -0.1) is 0 Å². The van der Waals surface area contributed by atoms with Gasteiger partial charge in [0.1, 0.15) is 5.82 Å². The van der Waals surface area contributed by atoms with Gasteiger partial charge in [-0.1, -0.05) is 20.8 Å². The minimum absolute atomic E-state index is 0.160. The zero-order valence-corrected chi connectivity index (χ0v) is 7.55. The average Bonchev–Trinajstić information content (AvgIpc) is 1.86. The molecule has 0 N–H and O–H groups in total. The van der Waals surface area contributed by atoms with Crippen molar-refractivity contribution < 1.29 is 0 Å². The van der Waals surface area contributed by atoms with Crippen LogP contribution in [0.3, 0.4) is 0 Å². The average molecular weight is 150 g/mol. The Hall–Kier alpha value is -0.920. The van der Waals surface area contributed by atoms with E-state index in [9.17, 15) is 0 Å². The van der Waals surface area contributed by atoms with Crippen LogP contribution in [0.1, 0.15) is 32.2 Å². The molecule has 0 aliphatic carbocycles.